The normalized spacial score (nSPS) is 14.0. The summed E-state index contributed by atoms with van der Waals surface area (Å²) in [4.78, 5) is 24.2. The number of halogens is 3. The van der Waals surface area contributed by atoms with Gasteiger partial charge in [0.05, 0.1) is 17.9 Å². The molecular weight excluding hydrogens is 539 g/mol. The lowest BCUT2D eigenvalue weighted by atomic mass is 10.0. The van der Waals surface area contributed by atoms with Crippen molar-refractivity contribution >= 4 is 17.7 Å². The van der Waals surface area contributed by atoms with Crippen LogP contribution in [0.5, 0.6) is 0 Å². The summed E-state index contributed by atoms with van der Waals surface area (Å²) in [5.74, 6) is -0.165. The molecule has 2 amide bonds. The highest BCUT2D eigenvalue weighted by molar-refractivity contribution is 6.03. The molecule has 4 aromatic rings. The van der Waals surface area contributed by atoms with Crippen LogP contribution in [0.25, 0.3) is 5.69 Å². The van der Waals surface area contributed by atoms with Gasteiger partial charge in [-0.2, -0.15) is 23.4 Å². The summed E-state index contributed by atoms with van der Waals surface area (Å²) in [7, 11) is 1.83. The van der Waals surface area contributed by atoms with E-state index in [2.05, 4.69) is 26.1 Å². The smallest absolute Gasteiger partial charge is 0.435 e. The molecule has 1 unspecified atom stereocenters. The van der Waals surface area contributed by atoms with Crippen molar-refractivity contribution in [1.82, 2.24) is 30.2 Å². The number of nitrogens with one attached hydrogen (secondary N) is 3. The zero-order chi connectivity index (χ0) is 29.1. The number of carbonyl (C=O) groups excluding carboxylic acids is 1. The van der Waals surface area contributed by atoms with Gasteiger partial charge in [-0.3, -0.25) is 9.48 Å². The van der Waals surface area contributed by atoms with Crippen LogP contribution >= 0.6 is 0 Å². The van der Waals surface area contributed by atoms with Crippen molar-refractivity contribution in [3.05, 3.63) is 95.1 Å². The van der Waals surface area contributed by atoms with Crippen molar-refractivity contribution in [2.45, 2.75) is 31.6 Å². The molecule has 13 heteroatoms. The van der Waals surface area contributed by atoms with E-state index in [1.165, 1.54) is 25.0 Å². The van der Waals surface area contributed by atoms with Crippen LogP contribution in [0.15, 0.2) is 67.0 Å². The van der Waals surface area contributed by atoms with E-state index < -0.39 is 23.9 Å². The summed E-state index contributed by atoms with van der Waals surface area (Å²) < 4.78 is 43.5. The quantitative estimate of drug-likeness (QED) is 0.220. The lowest BCUT2D eigenvalue weighted by molar-refractivity contribution is -0.141. The van der Waals surface area contributed by atoms with Crippen molar-refractivity contribution in [3.8, 4) is 5.69 Å². The van der Waals surface area contributed by atoms with Gasteiger partial charge < -0.3 is 21.1 Å². The Labute approximate surface area is 233 Å². The Morgan fingerprint density at radius 1 is 1.10 bits per heavy atom. The van der Waals surface area contributed by atoms with Gasteiger partial charge in [0.25, 0.3) is 5.91 Å². The van der Waals surface area contributed by atoms with Crippen molar-refractivity contribution in [2.24, 2.45) is 13.0 Å². The van der Waals surface area contributed by atoms with E-state index in [1.807, 2.05) is 19.3 Å². The van der Waals surface area contributed by atoms with Gasteiger partial charge >= 0.3 is 12.3 Å². The molecule has 41 heavy (non-hydrogen) atoms. The molecule has 1 saturated carbocycles. The zero-order valence-electron chi connectivity index (χ0n) is 22.0. The van der Waals surface area contributed by atoms with Crippen molar-refractivity contribution in [1.29, 1.82) is 0 Å². The number of rotatable bonds is 10. The fourth-order valence-corrected chi connectivity index (χ4v) is 4.47. The molecule has 0 bridgehead atoms. The first-order valence-corrected chi connectivity index (χ1v) is 12.9. The first kappa shape index (κ1) is 27.9. The third-order valence-corrected chi connectivity index (χ3v) is 6.67. The third-order valence-electron chi connectivity index (χ3n) is 6.67. The van der Waals surface area contributed by atoms with Crippen LogP contribution in [0.2, 0.25) is 0 Å². The Balaban J connectivity index is 1.43. The van der Waals surface area contributed by atoms with E-state index in [4.69, 9.17) is 5.11 Å². The van der Waals surface area contributed by atoms with Gasteiger partial charge in [-0.25, -0.2) is 9.48 Å². The van der Waals surface area contributed by atoms with Gasteiger partial charge in [-0.15, -0.1) is 0 Å². The van der Waals surface area contributed by atoms with Crippen molar-refractivity contribution in [3.63, 3.8) is 0 Å². The summed E-state index contributed by atoms with van der Waals surface area (Å²) >= 11 is 0. The van der Waals surface area contributed by atoms with Gasteiger partial charge in [0.15, 0.2) is 5.69 Å². The molecule has 0 aliphatic heterocycles. The molecule has 0 saturated heterocycles. The number of amides is 2. The number of nitrogens with zero attached hydrogens (tertiary/aromatic N) is 4. The van der Waals surface area contributed by atoms with Gasteiger partial charge in [0.2, 0.25) is 0 Å². The third kappa shape index (κ3) is 6.92. The number of hydrogen-bond donors (Lipinski definition) is 4. The molecular formula is C28H28F3N7O3. The predicted octanol–water partition coefficient (Wildman–Crippen LogP) is 4.73. The Morgan fingerprint density at radius 3 is 2.56 bits per heavy atom. The SMILES string of the molecule is Cn1cc(C(NCC2CC2)c2cccc(NC(=O)c3cc(C(F)(F)F)nn3-c3cccc(CNC(=O)O)c3)c2)cn1. The van der Waals surface area contributed by atoms with Crippen LogP contribution in [0, 0.1) is 5.92 Å². The molecule has 4 N–H and O–H groups in total. The van der Waals surface area contributed by atoms with E-state index in [-0.39, 0.29) is 24.0 Å². The van der Waals surface area contributed by atoms with Crippen LogP contribution in [0.1, 0.15) is 51.8 Å². The van der Waals surface area contributed by atoms with E-state index >= 15 is 0 Å². The van der Waals surface area contributed by atoms with E-state index in [9.17, 15) is 22.8 Å². The van der Waals surface area contributed by atoms with Crippen LogP contribution in [0.4, 0.5) is 23.7 Å². The Morgan fingerprint density at radius 2 is 1.88 bits per heavy atom. The molecule has 10 nitrogen and oxygen atoms in total. The van der Waals surface area contributed by atoms with Crippen LogP contribution < -0.4 is 16.0 Å². The van der Waals surface area contributed by atoms with Crippen molar-refractivity contribution < 1.29 is 27.9 Å². The summed E-state index contributed by atoms with van der Waals surface area (Å²) in [5.41, 5.74) is 1.29. The molecule has 0 spiro atoms. The molecule has 1 aliphatic rings. The molecule has 1 atom stereocenters. The molecule has 0 radical (unpaired) electrons. The fraction of sp³-hybridized carbons (Fsp3) is 0.286. The number of alkyl halides is 3. The highest BCUT2D eigenvalue weighted by atomic mass is 19.4. The summed E-state index contributed by atoms with van der Waals surface area (Å²) in [6.45, 7) is 0.758. The average Bonchev–Trinajstić information content (AvgIpc) is 3.46. The lowest BCUT2D eigenvalue weighted by Gasteiger charge is -2.19. The molecule has 1 aliphatic carbocycles. The van der Waals surface area contributed by atoms with Gasteiger partial charge in [0, 0.05) is 37.1 Å². The molecule has 5 rings (SSSR count). The van der Waals surface area contributed by atoms with Gasteiger partial charge in [-0.1, -0.05) is 24.3 Å². The second-order valence-corrected chi connectivity index (χ2v) is 9.96. The topological polar surface area (TPSA) is 126 Å². The number of anilines is 1. The largest absolute Gasteiger partial charge is 0.465 e. The van der Waals surface area contributed by atoms with Crippen molar-refractivity contribution in [2.75, 3.05) is 11.9 Å². The predicted molar refractivity (Wildman–Crippen MR) is 144 cm³/mol. The molecule has 214 valence electrons. The Kier molecular flexibility index (Phi) is 7.79. The minimum absolute atomic E-state index is 0.0717. The fourth-order valence-electron chi connectivity index (χ4n) is 4.47. The van der Waals surface area contributed by atoms with E-state index in [1.54, 1.807) is 41.2 Å². The minimum atomic E-state index is -4.78. The standard InChI is InChI=1S/C28H28F3N7O3/c1-37-16-20(15-34-37)25(32-13-17-8-9-17)19-5-3-6-21(11-19)35-26(39)23-12-24(28(29,30)31)36-38(23)22-7-2-4-18(10-22)14-33-27(40)41/h2-7,10-12,15-17,25,32-33H,8-9,13-14H2,1H3,(H,35,39)(H,40,41). The maximum Gasteiger partial charge on any atom is 0.435 e. The number of hydrogen-bond acceptors (Lipinski definition) is 5. The highest BCUT2D eigenvalue weighted by Crippen LogP contribution is 2.32. The second kappa shape index (κ2) is 11.5. The average molecular weight is 568 g/mol. The first-order valence-electron chi connectivity index (χ1n) is 12.9. The maximum atomic E-state index is 13.6. The number of aryl methyl sites for hydroxylation is 1. The number of aromatic nitrogens is 4. The van der Waals surface area contributed by atoms with Gasteiger partial charge in [0.1, 0.15) is 5.69 Å². The zero-order valence-corrected chi connectivity index (χ0v) is 22.0. The minimum Gasteiger partial charge on any atom is -0.465 e. The molecule has 1 fully saturated rings. The molecule has 2 heterocycles. The summed E-state index contributed by atoms with van der Waals surface area (Å²) in [6.07, 6.45) is 0.00231. The maximum absolute atomic E-state index is 13.6. The van der Waals surface area contributed by atoms with E-state index in [0.717, 1.165) is 22.4 Å². The lowest BCUT2D eigenvalue weighted by Crippen LogP contribution is -2.24. The van der Waals surface area contributed by atoms with Gasteiger partial charge in [-0.05, 0) is 60.7 Å². The second-order valence-electron chi connectivity index (χ2n) is 9.96. The number of benzene rings is 2. The van der Waals surface area contributed by atoms with E-state index in [0.29, 0.717) is 23.2 Å². The Bertz CT molecular complexity index is 1560. The van der Waals surface area contributed by atoms with Crippen LogP contribution in [-0.4, -0.2) is 43.2 Å². The molecule has 2 aromatic heterocycles. The number of carboxylic acid groups (broad SMARTS) is 1. The number of carbonyl (C=O) groups is 2. The van der Waals surface area contributed by atoms with Crippen LogP contribution in [0.3, 0.4) is 0 Å². The highest BCUT2D eigenvalue weighted by Gasteiger charge is 2.36. The Hall–Kier alpha value is -4.65. The first-order chi connectivity index (χ1) is 19.6. The monoisotopic (exact) mass is 567 g/mol. The summed E-state index contributed by atoms with van der Waals surface area (Å²) in [5, 5.41) is 25.3. The molecule has 2 aromatic carbocycles. The van der Waals surface area contributed by atoms with Crippen LogP contribution in [-0.2, 0) is 19.8 Å². The summed E-state index contributed by atoms with van der Waals surface area (Å²) in [6, 6.07) is 13.7.